The van der Waals surface area contributed by atoms with E-state index < -0.39 is 23.8 Å². The molecule has 2 amide bonds. The van der Waals surface area contributed by atoms with Crippen LogP contribution in [0.4, 0.5) is 0 Å². The lowest BCUT2D eigenvalue weighted by Gasteiger charge is -2.05. The molecular formula is C11H18N2O6. The Morgan fingerprint density at radius 3 is 1.42 bits per heavy atom. The molecule has 4 N–H and O–H groups in total. The van der Waals surface area contributed by atoms with Gasteiger partial charge in [-0.05, 0) is 12.8 Å². The molecule has 0 aliphatic rings. The van der Waals surface area contributed by atoms with Crippen molar-refractivity contribution in [3.8, 4) is 0 Å². The summed E-state index contributed by atoms with van der Waals surface area (Å²) >= 11 is 0. The summed E-state index contributed by atoms with van der Waals surface area (Å²) in [5.74, 6) is -2.85. The van der Waals surface area contributed by atoms with Crippen LogP contribution >= 0.6 is 0 Å². The van der Waals surface area contributed by atoms with E-state index >= 15 is 0 Å². The first-order valence-corrected chi connectivity index (χ1v) is 5.89. The zero-order chi connectivity index (χ0) is 14.7. The Labute approximate surface area is 110 Å². The fourth-order valence-electron chi connectivity index (χ4n) is 1.21. The van der Waals surface area contributed by atoms with Crippen molar-refractivity contribution in [3.63, 3.8) is 0 Å². The summed E-state index contributed by atoms with van der Waals surface area (Å²) in [6.45, 7) is 0.412. The van der Waals surface area contributed by atoms with Gasteiger partial charge in [-0.2, -0.15) is 0 Å². The highest BCUT2D eigenvalue weighted by Gasteiger charge is 2.08. The van der Waals surface area contributed by atoms with Crippen LogP contribution in [0.2, 0.25) is 0 Å². The Balaban J connectivity index is 3.55. The van der Waals surface area contributed by atoms with Crippen LogP contribution in [-0.2, 0) is 19.2 Å². The van der Waals surface area contributed by atoms with Crippen LogP contribution in [0.25, 0.3) is 0 Å². The number of hydrogen-bond donors (Lipinski definition) is 4. The van der Waals surface area contributed by atoms with Crippen molar-refractivity contribution in [1.29, 1.82) is 0 Å². The van der Waals surface area contributed by atoms with Gasteiger partial charge in [0, 0.05) is 25.9 Å². The SMILES string of the molecule is O=C(O)CCCNC(=O)CC(=O)NCCCC(=O)O. The maximum Gasteiger partial charge on any atom is 0.303 e. The summed E-state index contributed by atoms with van der Waals surface area (Å²) in [6, 6.07) is 0. The van der Waals surface area contributed by atoms with Gasteiger partial charge in [-0.25, -0.2) is 0 Å². The topological polar surface area (TPSA) is 133 Å². The van der Waals surface area contributed by atoms with Crippen LogP contribution in [-0.4, -0.2) is 47.1 Å². The summed E-state index contributed by atoms with van der Waals surface area (Å²) in [5, 5.41) is 21.6. The Morgan fingerprint density at radius 2 is 1.11 bits per heavy atom. The third kappa shape index (κ3) is 12.1. The van der Waals surface area contributed by atoms with Gasteiger partial charge in [0.25, 0.3) is 0 Å². The van der Waals surface area contributed by atoms with Crippen LogP contribution in [0.5, 0.6) is 0 Å². The van der Waals surface area contributed by atoms with E-state index in [1.165, 1.54) is 0 Å². The standard InChI is InChI=1S/C11H18N2O6/c14-8(12-5-1-3-10(16)17)7-9(15)13-6-2-4-11(18)19/h1-7H2,(H,12,14)(H,13,15)(H,16,17)(H,18,19). The normalized spacial score (nSPS) is 9.68. The first-order valence-electron chi connectivity index (χ1n) is 5.89. The van der Waals surface area contributed by atoms with E-state index in [1.54, 1.807) is 0 Å². The van der Waals surface area contributed by atoms with Gasteiger partial charge in [0.2, 0.25) is 11.8 Å². The number of carbonyl (C=O) groups is 4. The molecule has 0 rings (SSSR count). The van der Waals surface area contributed by atoms with Crippen LogP contribution in [0.3, 0.4) is 0 Å². The molecule has 0 aliphatic carbocycles. The molecule has 0 aromatic heterocycles. The minimum Gasteiger partial charge on any atom is -0.481 e. The van der Waals surface area contributed by atoms with Crippen LogP contribution in [0, 0.1) is 0 Å². The minimum absolute atomic E-state index is 0.0400. The van der Waals surface area contributed by atoms with Crippen molar-refractivity contribution in [2.24, 2.45) is 0 Å². The van der Waals surface area contributed by atoms with Gasteiger partial charge in [0.05, 0.1) is 0 Å². The summed E-state index contributed by atoms with van der Waals surface area (Å²) in [5.41, 5.74) is 0. The molecular weight excluding hydrogens is 256 g/mol. The summed E-state index contributed by atoms with van der Waals surface area (Å²) in [4.78, 5) is 42.8. The number of aliphatic carboxylic acids is 2. The number of carbonyl (C=O) groups excluding carboxylic acids is 2. The molecule has 19 heavy (non-hydrogen) atoms. The van der Waals surface area contributed by atoms with Crippen molar-refractivity contribution in [2.75, 3.05) is 13.1 Å². The van der Waals surface area contributed by atoms with Crippen molar-refractivity contribution < 1.29 is 29.4 Å². The van der Waals surface area contributed by atoms with Crippen molar-refractivity contribution in [1.82, 2.24) is 10.6 Å². The molecule has 0 aliphatic heterocycles. The fourth-order valence-corrected chi connectivity index (χ4v) is 1.21. The molecule has 108 valence electrons. The van der Waals surface area contributed by atoms with Crippen LogP contribution in [0.15, 0.2) is 0 Å². The van der Waals surface area contributed by atoms with Gasteiger partial charge in [-0.1, -0.05) is 0 Å². The maximum atomic E-state index is 11.2. The number of hydrogen-bond acceptors (Lipinski definition) is 4. The summed E-state index contributed by atoms with van der Waals surface area (Å²) in [6.07, 6.45) is 0.187. The number of rotatable bonds is 10. The second-order valence-electron chi connectivity index (χ2n) is 3.87. The highest BCUT2D eigenvalue weighted by atomic mass is 16.4. The minimum atomic E-state index is -0.939. The first kappa shape index (κ1) is 16.9. The van der Waals surface area contributed by atoms with Gasteiger partial charge in [0.1, 0.15) is 6.42 Å². The second-order valence-corrected chi connectivity index (χ2v) is 3.87. The second kappa shape index (κ2) is 9.86. The smallest absolute Gasteiger partial charge is 0.303 e. The first-order chi connectivity index (χ1) is 8.91. The molecule has 8 heteroatoms. The predicted octanol–water partition coefficient (Wildman–Crippen LogP) is -0.661. The summed E-state index contributed by atoms with van der Waals surface area (Å²) < 4.78 is 0. The quantitative estimate of drug-likeness (QED) is 0.309. The molecule has 0 aromatic rings. The fraction of sp³-hybridized carbons (Fsp3) is 0.636. The van der Waals surface area contributed by atoms with Gasteiger partial charge < -0.3 is 20.8 Å². The number of nitrogens with one attached hydrogen (secondary N) is 2. The zero-order valence-electron chi connectivity index (χ0n) is 10.5. The van der Waals surface area contributed by atoms with Gasteiger partial charge >= 0.3 is 11.9 Å². The Morgan fingerprint density at radius 1 is 0.737 bits per heavy atom. The van der Waals surface area contributed by atoms with Crippen molar-refractivity contribution >= 4 is 23.8 Å². The molecule has 0 spiro atoms. The molecule has 0 saturated carbocycles. The Hall–Kier alpha value is -2.12. The summed E-state index contributed by atoms with van der Waals surface area (Å²) in [7, 11) is 0. The zero-order valence-corrected chi connectivity index (χ0v) is 10.5. The van der Waals surface area contributed by atoms with Gasteiger partial charge in [0.15, 0.2) is 0 Å². The Kier molecular flexibility index (Phi) is 8.76. The predicted molar refractivity (Wildman–Crippen MR) is 64.4 cm³/mol. The highest BCUT2D eigenvalue weighted by molar-refractivity contribution is 5.96. The Bertz CT molecular complexity index is 310. The van der Waals surface area contributed by atoms with E-state index in [9.17, 15) is 19.2 Å². The highest BCUT2D eigenvalue weighted by Crippen LogP contribution is 1.89. The lowest BCUT2D eigenvalue weighted by Crippen LogP contribution is -2.33. The van der Waals surface area contributed by atoms with Crippen molar-refractivity contribution in [3.05, 3.63) is 0 Å². The average Bonchev–Trinajstić information content (AvgIpc) is 2.30. The largest absolute Gasteiger partial charge is 0.481 e. The molecule has 8 nitrogen and oxygen atoms in total. The molecule has 0 fully saturated rings. The lowest BCUT2D eigenvalue weighted by atomic mass is 10.3. The molecule has 0 radical (unpaired) electrons. The third-order valence-corrected chi connectivity index (χ3v) is 2.10. The monoisotopic (exact) mass is 274 g/mol. The van der Waals surface area contributed by atoms with Gasteiger partial charge in [-0.3, -0.25) is 19.2 Å². The molecule has 0 saturated heterocycles. The van der Waals surface area contributed by atoms with Crippen LogP contribution in [0.1, 0.15) is 32.1 Å². The lowest BCUT2D eigenvalue weighted by molar-refractivity contribution is -0.138. The van der Waals surface area contributed by atoms with E-state index in [2.05, 4.69) is 10.6 Å². The molecule has 0 atom stereocenters. The van der Waals surface area contributed by atoms with E-state index in [1.807, 2.05) is 0 Å². The van der Waals surface area contributed by atoms with E-state index in [0.29, 0.717) is 12.8 Å². The van der Waals surface area contributed by atoms with Crippen molar-refractivity contribution in [2.45, 2.75) is 32.1 Å². The average molecular weight is 274 g/mol. The maximum absolute atomic E-state index is 11.2. The molecule has 0 heterocycles. The van der Waals surface area contributed by atoms with E-state index in [-0.39, 0.29) is 32.4 Å². The molecule has 0 aromatic carbocycles. The number of amides is 2. The number of carboxylic acid groups (broad SMARTS) is 2. The van der Waals surface area contributed by atoms with E-state index in [0.717, 1.165) is 0 Å². The molecule has 0 bridgehead atoms. The van der Waals surface area contributed by atoms with Crippen LogP contribution < -0.4 is 10.6 Å². The molecule has 0 unspecified atom stereocenters. The van der Waals surface area contributed by atoms with E-state index in [4.69, 9.17) is 10.2 Å². The van der Waals surface area contributed by atoms with Gasteiger partial charge in [-0.15, -0.1) is 0 Å². The third-order valence-electron chi connectivity index (χ3n) is 2.10. The number of carboxylic acids is 2.